The number of hydrogen-bond donors (Lipinski definition) is 2. The maximum Gasteiger partial charge on any atom is 0.243 e. The minimum atomic E-state index is -0.818. The highest BCUT2D eigenvalue weighted by Crippen LogP contribution is 2.28. The molecule has 0 saturated heterocycles. The minimum Gasteiger partial charge on any atom is -0.368 e. The van der Waals surface area contributed by atoms with Crippen LogP contribution in [0, 0.1) is 6.92 Å². The first-order valence-corrected chi connectivity index (χ1v) is 7.68. The van der Waals surface area contributed by atoms with Crippen molar-refractivity contribution in [3.8, 4) is 0 Å². The Balaban J connectivity index is 1.92. The zero-order valence-electron chi connectivity index (χ0n) is 12.7. The van der Waals surface area contributed by atoms with Gasteiger partial charge in [0.2, 0.25) is 11.8 Å². The molecule has 0 aliphatic heterocycles. The lowest BCUT2D eigenvalue weighted by Gasteiger charge is -2.35. The number of carbonyl (C=O) groups excluding carboxylic acids is 2. The maximum absolute atomic E-state index is 12.2. The van der Waals surface area contributed by atoms with Gasteiger partial charge in [0.1, 0.15) is 5.54 Å². The number of benzene rings is 1. The number of carbonyl (C=O) groups is 2. The summed E-state index contributed by atoms with van der Waals surface area (Å²) >= 11 is 0. The fourth-order valence-electron chi connectivity index (χ4n) is 3.04. The van der Waals surface area contributed by atoms with Gasteiger partial charge in [-0.1, -0.05) is 49.1 Å². The van der Waals surface area contributed by atoms with Crippen LogP contribution in [-0.4, -0.2) is 17.4 Å². The number of amides is 2. The van der Waals surface area contributed by atoms with E-state index in [1.165, 1.54) is 5.56 Å². The number of aryl methyl sites for hydroxylation is 2. The summed E-state index contributed by atoms with van der Waals surface area (Å²) in [4.78, 5) is 23.9. The van der Waals surface area contributed by atoms with E-state index < -0.39 is 11.4 Å². The Morgan fingerprint density at radius 3 is 2.57 bits per heavy atom. The lowest BCUT2D eigenvalue weighted by Crippen LogP contribution is -2.58. The average Bonchev–Trinajstić information content (AvgIpc) is 2.46. The van der Waals surface area contributed by atoms with Crippen LogP contribution in [0.5, 0.6) is 0 Å². The largest absolute Gasteiger partial charge is 0.368 e. The predicted molar refractivity (Wildman–Crippen MR) is 82.7 cm³/mol. The second kappa shape index (κ2) is 6.74. The summed E-state index contributed by atoms with van der Waals surface area (Å²) < 4.78 is 0. The smallest absolute Gasteiger partial charge is 0.243 e. The molecule has 1 aliphatic rings. The van der Waals surface area contributed by atoms with Gasteiger partial charge in [0.25, 0.3) is 0 Å². The predicted octanol–water partition coefficient (Wildman–Crippen LogP) is 2.23. The minimum absolute atomic E-state index is 0.0859. The van der Waals surface area contributed by atoms with E-state index >= 15 is 0 Å². The molecule has 3 N–H and O–H groups in total. The van der Waals surface area contributed by atoms with Crippen LogP contribution >= 0.6 is 0 Å². The highest BCUT2D eigenvalue weighted by atomic mass is 16.2. The van der Waals surface area contributed by atoms with E-state index in [0.29, 0.717) is 25.7 Å². The number of nitrogens with one attached hydrogen (secondary N) is 1. The van der Waals surface area contributed by atoms with E-state index in [1.54, 1.807) is 0 Å². The topological polar surface area (TPSA) is 72.2 Å². The molecule has 0 aromatic heterocycles. The van der Waals surface area contributed by atoms with Crippen molar-refractivity contribution in [2.24, 2.45) is 5.73 Å². The SMILES string of the molecule is Cc1cccc(CCC(=O)NC2(C(N)=O)CCCCC2)c1. The van der Waals surface area contributed by atoms with E-state index in [1.807, 2.05) is 25.1 Å². The molecular formula is C17H24N2O2. The van der Waals surface area contributed by atoms with Crippen LogP contribution in [-0.2, 0) is 16.0 Å². The first-order chi connectivity index (χ1) is 10.0. The van der Waals surface area contributed by atoms with Crippen LogP contribution in [0.1, 0.15) is 49.7 Å². The molecule has 0 unspecified atom stereocenters. The van der Waals surface area contributed by atoms with Gasteiger partial charge in [-0.25, -0.2) is 0 Å². The lowest BCUT2D eigenvalue weighted by atomic mass is 9.81. The summed E-state index contributed by atoms with van der Waals surface area (Å²) in [5, 5.41) is 2.90. The molecule has 0 spiro atoms. The molecule has 0 radical (unpaired) electrons. The van der Waals surface area contributed by atoms with E-state index in [0.717, 1.165) is 24.8 Å². The van der Waals surface area contributed by atoms with Gasteiger partial charge in [-0.3, -0.25) is 9.59 Å². The highest BCUT2D eigenvalue weighted by molar-refractivity contribution is 5.90. The Morgan fingerprint density at radius 2 is 1.95 bits per heavy atom. The van der Waals surface area contributed by atoms with Crippen LogP contribution < -0.4 is 11.1 Å². The zero-order valence-corrected chi connectivity index (χ0v) is 12.7. The molecule has 21 heavy (non-hydrogen) atoms. The van der Waals surface area contributed by atoms with Crippen molar-refractivity contribution in [1.82, 2.24) is 5.32 Å². The van der Waals surface area contributed by atoms with Crippen LogP contribution in [0.2, 0.25) is 0 Å². The van der Waals surface area contributed by atoms with E-state index in [9.17, 15) is 9.59 Å². The summed E-state index contributed by atoms with van der Waals surface area (Å²) in [7, 11) is 0. The molecule has 2 amide bonds. The molecular weight excluding hydrogens is 264 g/mol. The summed E-state index contributed by atoms with van der Waals surface area (Å²) in [6.45, 7) is 2.04. The first kappa shape index (κ1) is 15.5. The fraction of sp³-hybridized carbons (Fsp3) is 0.529. The monoisotopic (exact) mass is 288 g/mol. The second-order valence-electron chi connectivity index (χ2n) is 6.04. The fourth-order valence-corrected chi connectivity index (χ4v) is 3.04. The van der Waals surface area contributed by atoms with Crippen molar-refractivity contribution in [3.05, 3.63) is 35.4 Å². The van der Waals surface area contributed by atoms with Crippen molar-refractivity contribution in [2.75, 3.05) is 0 Å². The number of primary amides is 1. The standard InChI is InChI=1S/C17H24N2O2/c1-13-6-5-7-14(12-13)8-9-15(20)19-17(16(18)21)10-3-2-4-11-17/h5-7,12H,2-4,8-11H2,1H3,(H2,18,21)(H,19,20). The quantitative estimate of drug-likeness (QED) is 0.872. The third kappa shape index (κ3) is 4.06. The van der Waals surface area contributed by atoms with Gasteiger partial charge in [-0.2, -0.15) is 0 Å². The van der Waals surface area contributed by atoms with Crippen molar-refractivity contribution in [2.45, 2.75) is 57.4 Å². The van der Waals surface area contributed by atoms with E-state index in [2.05, 4.69) is 11.4 Å². The van der Waals surface area contributed by atoms with Crippen LogP contribution in [0.25, 0.3) is 0 Å². The normalized spacial score (nSPS) is 17.2. The van der Waals surface area contributed by atoms with E-state index in [4.69, 9.17) is 5.73 Å². The molecule has 1 aromatic rings. The summed E-state index contributed by atoms with van der Waals surface area (Å²) in [5.41, 5.74) is 7.04. The highest BCUT2D eigenvalue weighted by Gasteiger charge is 2.38. The van der Waals surface area contributed by atoms with Crippen LogP contribution in [0.4, 0.5) is 0 Å². The van der Waals surface area contributed by atoms with Gasteiger partial charge >= 0.3 is 0 Å². The van der Waals surface area contributed by atoms with Gasteiger partial charge < -0.3 is 11.1 Å². The lowest BCUT2D eigenvalue weighted by molar-refractivity contribution is -0.132. The van der Waals surface area contributed by atoms with Gasteiger partial charge in [0.05, 0.1) is 0 Å². The summed E-state index contributed by atoms with van der Waals surface area (Å²) in [6, 6.07) is 8.13. The average molecular weight is 288 g/mol. The number of rotatable bonds is 5. The molecule has 1 saturated carbocycles. The van der Waals surface area contributed by atoms with Crippen molar-refractivity contribution in [3.63, 3.8) is 0 Å². The Bertz CT molecular complexity index is 519. The van der Waals surface area contributed by atoms with Crippen LogP contribution in [0.15, 0.2) is 24.3 Å². The third-order valence-electron chi connectivity index (χ3n) is 4.28. The van der Waals surface area contributed by atoms with Gasteiger partial charge in [0.15, 0.2) is 0 Å². The Morgan fingerprint density at radius 1 is 1.24 bits per heavy atom. The van der Waals surface area contributed by atoms with Crippen molar-refractivity contribution >= 4 is 11.8 Å². The molecule has 1 aromatic carbocycles. The Kier molecular flexibility index (Phi) is 4.99. The molecule has 4 nitrogen and oxygen atoms in total. The second-order valence-corrected chi connectivity index (χ2v) is 6.04. The Hall–Kier alpha value is -1.84. The molecule has 114 valence electrons. The zero-order chi connectivity index (χ0) is 15.3. The van der Waals surface area contributed by atoms with Gasteiger partial charge in [0, 0.05) is 6.42 Å². The number of hydrogen-bond acceptors (Lipinski definition) is 2. The number of nitrogens with two attached hydrogens (primary N) is 1. The van der Waals surface area contributed by atoms with Gasteiger partial charge in [-0.05, 0) is 31.7 Å². The van der Waals surface area contributed by atoms with Crippen molar-refractivity contribution in [1.29, 1.82) is 0 Å². The summed E-state index contributed by atoms with van der Waals surface area (Å²) in [5.74, 6) is -0.483. The maximum atomic E-state index is 12.2. The van der Waals surface area contributed by atoms with E-state index in [-0.39, 0.29) is 5.91 Å². The first-order valence-electron chi connectivity index (χ1n) is 7.68. The summed E-state index contributed by atoms with van der Waals surface area (Å²) in [6.07, 6.45) is 5.40. The molecule has 0 atom stereocenters. The third-order valence-corrected chi connectivity index (χ3v) is 4.28. The molecule has 0 heterocycles. The molecule has 0 bridgehead atoms. The molecule has 1 aliphatic carbocycles. The molecule has 4 heteroatoms. The molecule has 1 fully saturated rings. The molecule has 2 rings (SSSR count). The Labute approximate surface area is 126 Å². The van der Waals surface area contributed by atoms with Crippen molar-refractivity contribution < 1.29 is 9.59 Å². The van der Waals surface area contributed by atoms with Gasteiger partial charge in [-0.15, -0.1) is 0 Å². The van der Waals surface area contributed by atoms with Crippen LogP contribution in [0.3, 0.4) is 0 Å².